The smallest absolute Gasteiger partial charge is 0.127 e. The van der Waals surface area contributed by atoms with Gasteiger partial charge in [0.05, 0.1) is 67.4 Å². The quantitative estimate of drug-likeness (QED) is 0.0655. The van der Waals surface area contributed by atoms with Crippen molar-refractivity contribution in [1.82, 2.24) is 9.97 Å². The first-order valence-electron chi connectivity index (χ1n) is 32.8. The molecule has 14 aromatic rings. The monoisotopic (exact) mass is 1300 g/mol. The number of ether oxygens (including phenoxy) is 4. The zero-order chi connectivity index (χ0) is 68.2. The van der Waals surface area contributed by atoms with Crippen LogP contribution < -0.4 is 18.9 Å². The second-order valence-electron chi connectivity index (χ2n) is 24.6. The van der Waals surface area contributed by atoms with E-state index >= 15 is 0 Å². The van der Waals surface area contributed by atoms with E-state index in [9.17, 15) is 10.5 Å². The number of allylic oxidation sites excluding steroid dienone is 5. The van der Waals surface area contributed by atoms with Crippen LogP contribution in [0.1, 0.15) is 73.7 Å². The molecule has 0 amide bonds. The summed E-state index contributed by atoms with van der Waals surface area (Å²) in [7, 11) is 0. The van der Waals surface area contributed by atoms with Gasteiger partial charge in [-0.1, -0.05) is 209 Å². The summed E-state index contributed by atoms with van der Waals surface area (Å²) >= 11 is 1.67. The molecular formula is C91H60N4O4S. The van der Waals surface area contributed by atoms with Crippen LogP contribution in [0.25, 0.3) is 93.3 Å². The molecule has 16 rings (SSSR count). The molecule has 0 saturated carbocycles. The Kier molecular flexibility index (Phi) is 15.5. The molecule has 2 heterocycles. The molecule has 8 nitrogen and oxygen atoms in total. The Bertz CT molecular complexity index is 5740. The van der Waals surface area contributed by atoms with Crippen molar-refractivity contribution in [3.05, 3.63) is 379 Å². The van der Waals surface area contributed by atoms with Crippen LogP contribution in [0.5, 0.6) is 34.5 Å². The predicted molar refractivity (Wildman–Crippen MR) is 407 cm³/mol. The van der Waals surface area contributed by atoms with Crippen molar-refractivity contribution >= 4 is 72.7 Å². The van der Waals surface area contributed by atoms with Crippen molar-refractivity contribution in [2.45, 2.75) is 17.8 Å². The number of nitriles is 2. The van der Waals surface area contributed by atoms with Gasteiger partial charge in [0, 0.05) is 21.9 Å². The Balaban J connectivity index is 0.981. The van der Waals surface area contributed by atoms with Crippen molar-refractivity contribution < 1.29 is 18.9 Å². The van der Waals surface area contributed by atoms with Crippen molar-refractivity contribution in [2.75, 3.05) is 0 Å². The lowest BCUT2D eigenvalue weighted by atomic mass is 9.67. The van der Waals surface area contributed by atoms with E-state index in [1.165, 1.54) is 12.5 Å². The van der Waals surface area contributed by atoms with Gasteiger partial charge in [-0.2, -0.15) is 10.5 Å². The highest BCUT2D eigenvalue weighted by Gasteiger charge is 2.50. The second kappa shape index (κ2) is 25.1. The molecule has 0 fully saturated rings. The summed E-state index contributed by atoms with van der Waals surface area (Å²) < 4.78 is 24.8. The minimum atomic E-state index is -0.959. The molecular weight excluding hydrogens is 1250 g/mol. The molecule has 12 aromatic carbocycles. The van der Waals surface area contributed by atoms with Gasteiger partial charge in [0.2, 0.25) is 0 Å². The van der Waals surface area contributed by atoms with Crippen molar-refractivity contribution in [3.8, 4) is 78.6 Å². The van der Waals surface area contributed by atoms with E-state index in [2.05, 4.69) is 166 Å². The van der Waals surface area contributed by atoms with Crippen LogP contribution in [0.3, 0.4) is 0 Å². The number of hydrogen-bond donors (Lipinski definition) is 0. The van der Waals surface area contributed by atoms with E-state index in [4.69, 9.17) is 35.5 Å². The SMILES string of the molecule is C=COc1ccc(C2(c3ccc(OC=C)cc3)c3ccccc3-c3c(-c4sc(-c5cccc6c5C(=C)/C(=C\C=C/C)C6(c5ccc(Oc6ccc(C=C)cc6)cc5)c5ccc(Oc6ccc(C=C)cc6)cc5)c5nc6c7ccc(C#N)cc7c7cc(C#N)ccc7c6nc45)cccc32)cc1. The van der Waals surface area contributed by atoms with Crippen LogP contribution in [0.2, 0.25) is 0 Å². The molecule has 100 heavy (non-hydrogen) atoms. The molecule has 2 aliphatic rings. The molecule has 0 unspecified atom stereocenters. The average molecular weight is 1310 g/mol. The largest absolute Gasteiger partial charge is 0.466 e. The number of fused-ring (bicyclic) bond motifs is 11. The molecule has 0 saturated heterocycles. The summed E-state index contributed by atoms with van der Waals surface area (Å²) in [5.74, 6) is 4.11. The Morgan fingerprint density at radius 2 is 0.810 bits per heavy atom. The maximum Gasteiger partial charge on any atom is 0.127 e. The topological polar surface area (TPSA) is 110 Å². The van der Waals surface area contributed by atoms with Crippen LogP contribution in [0, 0.1) is 22.7 Å². The van der Waals surface area contributed by atoms with E-state index in [1.807, 2.05) is 153 Å². The van der Waals surface area contributed by atoms with E-state index in [1.54, 1.807) is 11.3 Å². The summed E-state index contributed by atoms with van der Waals surface area (Å²) in [4.78, 5) is 13.7. The van der Waals surface area contributed by atoms with Crippen LogP contribution >= 0.6 is 11.3 Å². The summed E-state index contributed by atoms with van der Waals surface area (Å²) in [6.45, 7) is 22.8. The van der Waals surface area contributed by atoms with Crippen molar-refractivity contribution in [1.29, 1.82) is 10.5 Å². The van der Waals surface area contributed by atoms with Gasteiger partial charge >= 0.3 is 0 Å². The maximum atomic E-state index is 10.4. The van der Waals surface area contributed by atoms with Gasteiger partial charge in [-0.05, 0) is 193 Å². The van der Waals surface area contributed by atoms with Gasteiger partial charge in [0.15, 0.2) is 0 Å². The Morgan fingerprint density at radius 3 is 1.25 bits per heavy atom. The molecule has 2 aliphatic carbocycles. The highest BCUT2D eigenvalue weighted by atomic mass is 32.1. The van der Waals surface area contributed by atoms with Crippen LogP contribution in [0.15, 0.2) is 312 Å². The first kappa shape index (κ1) is 61.7. The minimum absolute atomic E-state index is 0.490. The van der Waals surface area contributed by atoms with E-state index in [-0.39, 0.29) is 0 Å². The van der Waals surface area contributed by atoms with E-state index in [0.29, 0.717) is 67.7 Å². The first-order chi connectivity index (χ1) is 49.1. The van der Waals surface area contributed by atoms with Gasteiger partial charge in [0.25, 0.3) is 0 Å². The average Bonchev–Trinajstić information content (AvgIpc) is 1.48. The fourth-order valence-electron chi connectivity index (χ4n) is 15.1. The molecule has 9 heteroatoms. The van der Waals surface area contributed by atoms with Crippen LogP contribution in [-0.2, 0) is 10.8 Å². The molecule has 0 N–H and O–H groups in total. The molecule has 474 valence electrons. The molecule has 0 radical (unpaired) electrons. The highest BCUT2D eigenvalue weighted by Crippen LogP contribution is 2.63. The number of benzene rings is 12. The van der Waals surface area contributed by atoms with E-state index < -0.39 is 10.8 Å². The molecule has 0 aliphatic heterocycles. The normalized spacial score (nSPS) is 13.6. The van der Waals surface area contributed by atoms with Gasteiger partial charge in [0.1, 0.15) is 45.5 Å². The molecule has 0 bridgehead atoms. The minimum Gasteiger partial charge on any atom is -0.466 e. The van der Waals surface area contributed by atoms with Crippen LogP contribution in [0.4, 0.5) is 0 Å². The summed E-state index contributed by atoms with van der Waals surface area (Å²) in [6.07, 6.45) is 12.9. The second-order valence-corrected chi connectivity index (χ2v) is 25.6. The fourth-order valence-corrected chi connectivity index (χ4v) is 16.3. The predicted octanol–water partition coefficient (Wildman–Crippen LogP) is 23.4. The van der Waals surface area contributed by atoms with Gasteiger partial charge in [-0.25, -0.2) is 9.97 Å². The summed E-state index contributed by atoms with van der Waals surface area (Å²) in [5.41, 5.74) is 18.0. The van der Waals surface area contributed by atoms with Crippen molar-refractivity contribution in [3.63, 3.8) is 0 Å². The molecule has 0 atom stereocenters. The number of aromatic nitrogens is 2. The lowest BCUT2D eigenvalue weighted by molar-refractivity contribution is 0.481. The number of thiophene rings is 1. The number of rotatable bonds is 17. The van der Waals surface area contributed by atoms with Gasteiger partial charge < -0.3 is 18.9 Å². The first-order valence-corrected chi connectivity index (χ1v) is 33.6. The molecule has 0 spiro atoms. The zero-order valence-corrected chi connectivity index (χ0v) is 55.3. The standard InChI is InChI=1S/C91H60N4O4S/c1-7-12-20-78-56(6)82-74(18-15-22-80(82)90(78,61-34-46-69(47-35-61)98-67-38-24-57(8-2)25-39-67)62-36-48-70(49-37-62)99-68-40-26-58(9-3)27-41-68)88-86-87(95-85-72-51-29-60(55-93)53-77(72)76-52-59(54-92)28-50-71(76)84(85)94-86)89(100-88)75-19-16-23-81-83(75)73-17-13-14-21-79(73)91(81,63-30-42-65(43-31-63)96-10-4)64-32-44-66(45-33-64)97-11-5/h7-53H,2-6H2,1H3/b12-7-,78-20+. The number of hydrogen-bond acceptors (Lipinski definition) is 9. The van der Waals surface area contributed by atoms with E-state index in [0.717, 1.165) is 120 Å². The summed E-state index contributed by atoms with van der Waals surface area (Å²) in [5, 5.41) is 24.0. The Labute approximate surface area is 583 Å². The third-order valence-electron chi connectivity index (χ3n) is 19.4. The Hall–Kier alpha value is -13.2. The van der Waals surface area contributed by atoms with Crippen molar-refractivity contribution in [2.24, 2.45) is 0 Å². The van der Waals surface area contributed by atoms with Crippen LogP contribution in [-0.4, -0.2) is 9.97 Å². The third kappa shape index (κ3) is 9.86. The highest BCUT2D eigenvalue weighted by molar-refractivity contribution is 7.21. The summed E-state index contributed by atoms with van der Waals surface area (Å²) in [6, 6.07) is 87.2. The number of nitrogens with zero attached hydrogens (tertiary/aromatic N) is 4. The van der Waals surface area contributed by atoms with Gasteiger partial charge in [-0.3, -0.25) is 0 Å². The lowest BCUT2D eigenvalue weighted by Gasteiger charge is -2.34. The zero-order valence-electron chi connectivity index (χ0n) is 54.5. The third-order valence-corrected chi connectivity index (χ3v) is 20.7. The maximum absolute atomic E-state index is 10.4. The fraction of sp³-hybridized carbons (Fsp3) is 0.0330. The van der Waals surface area contributed by atoms with Gasteiger partial charge in [-0.15, -0.1) is 11.3 Å². The Morgan fingerprint density at radius 1 is 0.410 bits per heavy atom. The molecule has 2 aromatic heterocycles. The lowest BCUT2D eigenvalue weighted by Crippen LogP contribution is -2.28.